The molecule has 0 spiro atoms. The Balaban J connectivity index is 2.13. The van der Waals surface area contributed by atoms with E-state index in [1.54, 1.807) is 16.0 Å². The van der Waals surface area contributed by atoms with E-state index >= 15 is 0 Å². The van der Waals surface area contributed by atoms with Crippen molar-refractivity contribution in [2.75, 3.05) is 18.0 Å². The molecule has 154 valence electrons. The van der Waals surface area contributed by atoms with Gasteiger partial charge in [0.05, 0.1) is 11.1 Å². The first-order chi connectivity index (χ1) is 12.9. The molecule has 0 bridgehead atoms. The summed E-state index contributed by atoms with van der Waals surface area (Å²) in [5.41, 5.74) is -1.16. The van der Waals surface area contributed by atoms with Crippen molar-refractivity contribution in [3.05, 3.63) is 11.1 Å². The molecule has 2 amide bonds. The molecule has 0 aromatic carbocycles. The number of thiazole rings is 1. The van der Waals surface area contributed by atoms with Gasteiger partial charge in [0.15, 0.2) is 5.13 Å². The number of hydrogen-bond donors (Lipinski definition) is 0. The van der Waals surface area contributed by atoms with Crippen molar-refractivity contribution < 1.29 is 19.1 Å². The Morgan fingerprint density at radius 1 is 1.18 bits per heavy atom. The molecule has 0 radical (unpaired) electrons. The molecular formula is C20H29N3O4S. The van der Waals surface area contributed by atoms with Crippen LogP contribution in [0.2, 0.25) is 0 Å². The molecule has 0 N–H and O–H groups in total. The maximum atomic E-state index is 12.9. The number of carbonyl (C=O) groups is 2. The minimum absolute atomic E-state index is 0.134. The molecule has 7 nitrogen and oxygen atoms in total. The molecule has 2 rings (SSSR count). The summed E-state index contributed by atoms with van der Waals surface area (Å²) in [6, 6.07) is -0.134. The lowest BCUT2D eigenvalue weighted by Crippen LogP contribution is -2.51. The van der Waals surface area contributed by atoms with Gasteiger partial charge in [-0.2, -0.15) is 0 Å². The van der Waals surface area contributed by atoms with Crippen LogP contribution >= 0.6 is 11.3 Å². The van der Waals surface area contributed by atoms with E-state index in [4.69, 9.17) is 15.9 Å². The zero-order valence-electron chi connectivity index (χ0n) is 17.4. The largest absolute Gasteiger partial charge is 0.444 e. The summed E-state index contributed by atoms with van der Waals surface area (Å²) in [7, 11) is 0. The van der Waals surface area contributed by atoms with E-state index in [0.717, 1.165) is 0 Å². The average molecular weight is 408 g/mol. The van der Waals surface area contributed by atoms with Gasteiger partial charge in [-0.1, -0.05) is 17.3 Å². The maximum Gasteiger partial charge on any atom is 0.416 e. The van der Waals surface area contributed by atoms with E-state index in [0.29, 0.717) is 35.9 Å². The highest BCUT2D eigenvalue weighted by molar-refractivity contribution is 7.16. The van der Waals surface area contributed by atoms with Crippen LogP contribution < -0.4 is 4.90 Å². The fourth-order valence-corrected chi connectivity index (χ4v) is 3.56. The quantitative estimate of drug-likeness (QED) is 0.685. The summed E-state index contributed by atoms with van der Waals surface area (Å²) in [6.45, 7) is 12.0. The number of nitrogens with zero attached hydrogens (tertiary/aromatic N) is 3. The molecule has 0 saturated carbocycles. The first-order valence-corrected chi connectivity index (χ1v) is 10.1. The predicted molar refractivity (Wildman–Crippen MR) is 110 cm³/mol. The molecule has 1 aliphatic rings. The number of anilines is 1. The zero-order valence-corrected chi connectivity index (χ0v) is 18.3. The van der Waals surface area contributed by atoms with E-state index in [1.165, 1.54) is 11.3 Å². The second-order valence-corrected chi connectivity index (χ2v) is 9.71. The maximum absolute atomic E-state index is 12.9. The molecule has 2 heterocycles. The first kappa shape index (κ1) is 22.0. The Bertz CT molecular complexity index is 747. The van der Waals surface area contributed by atoms with Crippen LogP contribution in [-0.2, 0) is 9.47 Å². The number of carbonyl (C=O) groups excluding carboxylic acids is 2. The lowest BCUT2D eigenvalue weighted by Gasteiger charge is -2.38. The van der Waals surface area contributed by atoms with Crippen LogP contribution in [0.5, 0.6) is 0 Å². The third-order valence-electron chi connectivity index (χ3n) is 3.91. The van der Waals surface area contributed by atoms with Crippen molar-refractivity contribution in [3.8, 4) is 12.3 Å². The molecule has 1 aliphatic heterocycles. The second-order valence-electron chi connectivity index (χ2n) is 8.70. The zero-order chi connectivity index (χ0) is 21.1. The number of hydrogen-bond acceptors (Lipinski definition) is 6. The van der Waals surface area contributed by atoms with Crippen LogP contribution in [0.4, 0.5) is 14.7 Å². The van der Waals surface area contributed by atoms with Gasteiger partial charge in [-0.15, -0.1) is 6.42 Å². The molecule has 28 heavy (non-hydrogen) atoms. The van der Waals surface area contributed by atoms with Crippen molar-refractivity contribution in [1.82, 2.24) is 9.88 Å². The molecule has 1 aromatic heterocycles. The van der Waals surface area contributed by atoms with Crippen LogP contribution in [0.1, 0.15) is 59.3 Å². The SMILES string of the molecule is C#Cc1cnc(N(C(=O)OC(C)(C)C)C2CCN(C(=O)OC(C)(C)C)CC2)s1. The number of piperidine rings is 1. The first-order valence-electron chi connectivity index (χ1n) is 9.32. The highest BCUT2D eigenvalue weighted by atomic mass is 32.1. The van der Waals surface area contributed by atoms with Gasteiger partial charge < -0.3 is 14.4 Å². The van der Waals surface area contributed by atoms with Gasteiger partial charge >= 0.3 is 12.2 Å². The lowest BCUT2D eigenvalue weighted by atomic mass is 10.0. The Morgan fingerprint density at radius 2 is 1.75 bits per heavy atom. The van der Waals surface area contributed by atoms with Crippen molar-refractivity contribution >= 4 is 28.7 Å². The summed E-state index contributed by atoms with van der Waals surface area (Å²) in [6.07, 6.45) is 7.44. The van der Waals surface area contributed by atoms with Gasteiger partial charge in [-0.25, -0.2) is 19.5 Å². The van der Waals surface area contributed by atoms with Crippen molar-refractivity contribution in [3.63, 3.8) is 0 Å². The standard InChI is InChI=1S/C20H29N3O4S/c1-8-15-13-21-16(28-15)23(18(25)27-20(5,6)7)14-9-11-22(12-10-14)17(24)26-19(2,3)4/h1,13-14H,9-12H2,2-7H3. The summed E-state index contributed by atoms with van der Waals surface area (Å²) >= 11 is 1.28. The molecule has 1 saturated heterocycles. The Kier molecular flexibility index (Phi) is 6.60. The minimum Gasteiger partial charge on any atom is -0.444 e. The number of terminal acetylenes is 1. The van der Waals surface area contributed by atoms with Crippen LogP contribution in [0, 0.1) is 12.3 Å². The molecule has 1 fully saturated rings. The number of ether oxygens (including phenoxy) is 2. The van der Waals surface area contributed by atoms with Gasteiger partial charge in [0.1, 0.15) is 11.2 Å². The summed E-state index contributed by atoms with van der Waals surface area (Å²) in [5.74, 6) is 2.54. The van der Waals surface area contributed by atoms with E-state index < -0.39 is 17.3 Å². The van der Waals surface area contributed by atoms with Crippen molar-refractivity contribution in [2.45, 2.75) is 71.6 Å². The number of amides is 2. The van der Waals surface area contributed by atoms with Gasteiger partial charge in [-0.05, 0) is 54.4 Å². The molecular weight excluding hydrogens is 378 g/mol. The number of aromatic nitrogens is 1. The number of rotatable bonds is 2. The van der Waals surface area contributed by atoms with E-state index in [2.05, 4.69) is 10.9 Å². The third kappa shape index (κ3) is 6.13. The monoisotopic (exact) mass is 407 g/mol. The molecule has 0 aliphatic carbocycles. The molecule has 0 atom stereocenters. The molecule has 1 aromatic rings. The Morgan fingerprint density at radius 3 is 2.21 bits per heavy atom. The predicted octanol–water partition coefficient (Wildman–Crippen LogP) is 4.27. The van der Waals surface area contributed by atoms with Crippen LogP contribution in [0.3, 0.4) is 0 Å². The highest BCUT2D eigenvalue weighted by Crippen LogP contribution is 2.30. The molecule has 8 heteroatoms. The van der Waals surface area contributed by atoms with Gasteiger partial charge in [-0.3, -0.25) is 0 Å². The van der Waals surface area contributed by atoms with E-state index in [-0.39, 0.29) is 12.1 Å². The second kappa shape index (κ2) is 8.39. The van der Waals surface area contributed by atoms with Crippen LogP contribution in [-0.4, -0.2) is 52.4 Å². The average Bonchev–Trinajstić information content (AvgIpc) is 3.01. The smallest absolute Gasteiger partial charge is 0.416 e. The topological polar surface area (TPSA) is 72.0 Å². The van der Waals surface area contributed by atoms with E-state index in [9.17, 15) is 9.59 Å². The highest BCUT2D eigenvalue weighted by Gasteiger charge is 2.35. The van der Waals surface area contributed by atoms with Crippen LogP contribution in [0.25, 0.3) is 0 Å². The fraction of sp³-hybridized carbons (Fsp3) is 0.650. The van der Waals surface area contributed by atoms with Gasteiger partial charge in [0.25, 0.3) is 0 Å². The van der Waals surface area contributed by atoms with Crippen molar-refractivity contribution in [1.29, 1.82) is 0 Å². The van der Waals surface area contributed by atoms with Crippen molar-refractivity contribution in [2.24, 2.45) is 0 Å². The van der Waals surface area contributed by atoms with Crippen LogP contribution in [0.15, 0.2) is 6.20 Å². The van der Waals surface area contributed by atoms with Gasteiger partial charge in [0, 0.05) is 19.1 Å². The number of likely N-dealkylation sites (tertiary alicyclic amines) is 1. The normalized spacial score (nSPS) is 15.7. The Labute approximate surface area is 171 Å². The minimum atomic E-state index is -0.626. The van der Waals surface area contributed by atoms with Gasteiger partial charge in [0.2, 0.25) is 0 Å². The summed E-state index contributed by atoms with van der Waals surface area (Å²) in [4.78, 5) is 33.4. The summed E-state index contributed by atoms with van der Waals surface area (Å²) in [5, 5.41) is 0.512. The van der Waals surface area contributed by atoms with E-state index in [1.807, 2.05) is 41.5 Å². The Hall–Kier alpha value is -2.27. The third-order valence-corrected chi connectivity index (χ3v) is 4.84. The summed E-state index contributed by atoms with van der Waals surface area (Å²) < 4.78 is 11.0. The molecule has 0 unspecified atom stereocenters. The fourth-order valence-electron chi connectivity index (χ4n) is 2.77. The lowest BCUT2D eigenvalue weighted by molar-refractivity contribution is 0.0200.